The molecule has 0 aliphatic carbocycles. The second-order valence-corrected chi connectivity index (χ2v) is 4.56. The molecule has 3 N–H and O–H groups in total. The summed E-state index contributed by atoms with van der Waals surface area (Å²) in [5, 5.41) is 13.3. The minimum Gasteiger partial charge on any atom is -0.382 e. The van der Waals surface area contributed by atoms with E-state index in [1.165, 1.54) is 30.6 Å². The van der Waals surface area contributed by atoms with Crippen LogP contribution in [-0.4, -0.2) is 20.8 Å². The zero-order chi connectivity index (χ0) is 14.7. The van der Waals surface area contributed by atoms with Crippen LogP contribution in [0.2, 0.25) is 0 Å². The van der Waals surface area contributed by atoms with Crippen LogP contribution in [0.1, 0.15) is 10.5 Å². The summed E-state index contributed by atoms with van der Waals surface area (Å²) in [4.78, 5) is 29.6. The molecule has 0 atom stereocenters. The summed E-state index contributed by atoms with van der Waals surface area (Å²) >= 11 is 3.06. The highest BCUT2D eigenvalue weighted by atomic mass is 79.9. The molecule has 2 aromatic rings. The number of rotatable bonds is 3. The second-order valence-electron chi connectivity index (χ2n) is 3.70. The van der Waals surface area contributed by atoms with Gasteiger partial charge in [-0.3, -0.25) is 14.9 Å². The Bertz CT molecular complexity index is 674. The van der Waals surface area contributed by atoms with Gasteiger partial charge in [0.15, 0.2) is 0 Å². The SMILES string of the molecule is Nc1cnc(C(=O)Nc2ccc(Br)c([N+](=O)[O-])c2)cn1. The van der Waals surface area contributed by atoms with Gasteiger partial charge in [-0.2, -0.15) is 0 Å². The molecular formula is C11H8BrN5O3. The number of nitrogens with two attached hydrogens (primary N) is 1. The first-order valence-corrected chi connectivity index (χ1v) is 6.09. The average Bonchev–Trinajstić information content (AvgIpc) is 2.41. The molecule has 0 radical (unpaired) electrons. The van der Waals surface area contributed by atoms with Crippen molar-refractivity contribution < 1.29 is 9.72 Å². The van der Waals surface area contributed by atoms with Gasteiger partial charge >= 0.3 is 0 Å². The Labute approximate surface area is 121 Å². The summed E-state index contributed by atoms with van der Waals surface area (Å²) < 4.78 is 0.327. The topological polar surface area (TPSA) is 124 Å². The van der Waals surface area contributed by atoms with Crippen molar-refractivity contribution in [2.24, 2.45) is 0 Å². The number of aromatic nitrogens is 2. The van der Waals surface area contributed by atoms with Gasteiger partial charge in [-0.15, -0.1) is 0 Å². The zero-order valence-electron chi connectivity index (χ0n) is 9.91. The standard InChI is InChI=1S/C11H8BrN5O3/c12-7-2-1-6(3-9(7)17(19)20)16-11(18)8-4-15-10(13)5-14-8/h1-5H,(H2,13,15)(H,16,18). The zero-order valence-corrected chi connectivity index (χ0v) is 11.5. The fraction of sp³-hybridized carbons (Fsp3) is 0. The van der Waals surface area contributed by atoms with Crippen LogP contribution in [0.3, 0.4) is 0 Å². The van der Waals surface area contributed by atoms with Gasteiger partial charge in [-0.25, -0.2) is 9.97 Å². The first-order chi connectivity index (χ1) is 9.47. The summed E-state index contributed by atoms with van der Waals surface area (Å²) in [6.45, 7) is 0. The van der Waals surface area contributed by atoms with Gasteiger partial charge in [0.05, 0.1) is 21.8 Å². The molecule has 1 aromatic heterocycles. The first-order valence-electron chi connectivity index (χ1n) is 5.30. The summed E-state index contributed by atoms with van der Waals surface area (Å²) in [6.07, 6.45) is 2.47. The molecule has 20 heavy (non-hydrogen) atoms. The molecule has 8 nitrogen and oxygen atoms in total. The number of nitro groups is 1. The van der Waals surface area contributed by atoms with Crippen LogP contribution in [0.25, 0.3) is 0 Å². The van der Waals surface area contributed by atoms with E-state index in [4.69, 9.17) is 5.73 Å². The normalized spacial score (nSPS) is 10.1. The number of nitrogens with one attached hydrogen (secondary N) is 1. The van der Waals surface area contributed by atoms with Gasteiger partial charge in [0.2, 0.25) is 0 Å². The molecule has 1 heterocycles. The van der Waals surface area contributed by atoms with Crippen molar-refractivity contribution in [1.82, 2.24) is 9.97 Å². The number of nitrogens with zero attached hydrogens (tertiary/aromatic N) is 3. The Morgan fingerprint density at radius 2 is 2.10 bits per heavy atom. The van der Waals surface area contributed by atoms with Crippen LogP contribution < -0.4 is 11.1 Å². The molecule has 0 unspecified atom stereocenters. The Morgan fingerprint density at radius 1 is 1.35 bits per heavy atom. The Morgan fingerprint density at radius 3 is 2.70 bits per heavy atom. The lowest BCUT2D eigenvalue weighted by Crippen LogP contribution is -2.14. The largest absolute Gasteiger partial charge is 0.382 e. The molecule has 0 saturated heterocycles. The van der Waals surface area contributed by atoms with E-state index in [9.17, 15) is 14.9 Å². The van der Waals surface area contributed by atoms with Gasteiger partial charge in [-0.05, 0) is 28.1 Å². The van der Waals surface area contributed by atoms with Gasteiger partial charge in [0, 0.05) is 11.8 Å². The smallest absolute Gasteiger partial charge is 0.285 e. The molecule has 1 amide bonds. The van der Waals surface area contributed by atoms with Crippen molar-refractivity contribution in [3.8, 4) is 0 Å². The van der Waals surface area contributed by atoms with E-state index >= 15 is 0 Å². The van der Waals surface area contributed by atoms with Crippen LogP contribution in [0.4, 0.5) is 17.2 Å². The van der Waals surface area contributed by atoms with E-state index in [0.717, 1.165) is 0 Å². The molecule has 2 rings (SSSR count). The van der Waals surface area contributed by atoms with E-state index in [2.05, 4.69) is 31.2 Å². The van der Waals surface area contributed by atoms with E-state index in [1.54, 1.807) is 0 Å². The molecule has 0 aliphatic heterocycles. The van der Waals surface area contributed by atoms with Gasteiger partial charge in [-0.1, -0.05) is 0 Å². The predicted octanol–water partition coefficient (Wildman–Crippen LogP) is 1.98. The van der Waals surface area contributed by atoms with Crippen molar-refractivity contribution in [3.63, 3.8) is 0 Å². The van der Waals surface area contributed by atoms with Crippen LogP contribution in [-0.2, 0) is 0 Å². The van der Waals surface area contributed by atoms with E-state index in [1.807, 2.05) is 0 Å². The second kappa shape index (κ2) is 5.61. The minimum atomic E-state index is -0.553. The molecular weight excluding hydrogens is 330 g/mol. The molecule has 0 fully saturated rings. The lowest BCUT2D eigenvalue weighted by atomic mass is 10.2. The number of carbonyl (C=O) groups is 1. The number of carbonyl (C=O) groups excluding carboxylic acids is 1. The summed E-state index contributed by atoms with van der Waals surface area (Å²) in [7, 11) is 0. The number of benzene rings is 1. The van der Waals surface area contributed by atoms with Gasteiger partial charge in [0.25, 0.3) is 11.6 Å². The van der Waals surface area contributed by atoms with Crippen molar-refractivity contribution in [2.75, 3.05) is 11.1 Å². The van der Waals surface area contributed by atoms with Crippen LogP contribution >= 0.6 is 15.9 Å². The number of hydrogen-bond donors (Lipinski definition) is 2. The molecule has 0 spiro atoms. The number of amides is 1. The minimum absolute atomic E-state index is 0.0600. The fourth-order valence-electron chi connectivity index (χ4n) is 1.38. The van der Waals surface area contributed by atoms with Crippen LogP contribution in [0.5, 0.6) is 0 Å². The molecule has 0 aliphatic rings. The van der Waals surface area contributed by atoms with Crippen molar-refractivity contribution in [2.45, 2.75) is 0 Å². The summed E-state index contributed by atoms with van der Waals surface area (Å²) in [5.41, 5.74) is 5.56. The maximum Gasteiger partial charge on any atom is 0.285 e. The highest BCUT2D eigenvalue weighted by Gasteiger charge is 2.14. The third-order valence-electron chi connectivity index (χ3n) is 2.31. The molecule has 1 aromatic carbocycles. The quantitative estimate of drug-likeness (QED) is 0.651. The average molecular weight is 338 g/mol. The third kappa shape index (κ3) is 3.06. The summed E-state index contributed by atoms with van der Waals surface area (Å²) in [6, 6.07) is 4.24. The maximum absolute atomic E-state index is 11.9. The van der Waals surface area contributed by atoms with Crippen molar-refractivity contribution >= 4 is 39.0 Å². The fourth-order valence-corrected chi connectivity index (χ4v) is 1.77. The van der Waals surface area contributed by atoms with E-state index in [-0.39, 0.29) is 22.9 Å². The third-order valence-corrected chi connectivity index (χ3v) is 2.98. The number of nitro benzene ring substituents is 1. The van der Waals surface area contributed by atoms with E-state index < -0.39 is 10.8 Å². The van der Waals surface area contributed by atoms with Gasteiger partial charge < -0.3 is 11.1 Å². The molecule has 9 heteroatoms. The van der Waals surface area contributed by atoms with E-state index in [0.29, 0.717) is 4.47 Å². The lowest BCUT2D eigenvalue weighted by Gasteiger charge is -2.05. The Kier molecular flexibility index (Phi) is 3.89. The Hall–Kier alpha value is -2.55. The van der Waals surface area contributed by atoms with Crippen molar-refractivity contribution in [1.29, 1.82) is 0 Å². The van der Waals surface area contributed by atoms with Gasteiger partial charge in [0.1, 0.15) is 11.5 Å². The molecule has 102 valence electrons. The van der Waals surface area contributed by atoms with Crippen LogP contribution in [0.15, 0.2) is 35.1 Å². The first kappa shape index (κ1) is 13.9. The molecule has 0 bridgehead atoms. The maximum atomic E-state index is 11.9. The number of halogens is 1. The summed E-state index contributed by atoms with van der Waals surface area (Å²) in [5.74, 6) is -0.338. The number of nitrogen functional groups attached to an aromatic ring is 1. The Balaban J connectivity index is 2.21. The monoisotopic (exact) mass is 337 g/mol. The lowest BCUT2D eigenvalue weighted by molar-refractivity contribution is -0.385. The van der Waals surface area contributed by atoms with Crippen LogP contribution in [0, 0.1) is 10.1 Å². The predicted molar refractivity (Wildman–Crippen MR) is 75.2 cm³/mol. The number of anilines is 2. The molecule has 0 saturated carbocycles. The number of hydrogen-bond acceptors (Lipinski definition) is 6. The highest BCUT2D eigenvalue weighted by molar-refractivity contribution is 9.10. The highest BCUT2D eigenvalue weighted by Crippen LogP contribution is 2.27. The van der Waals surface area contributed by atoms with Crippen molar-refractivity contribution in [3.05, 3.63) is 50.9 Å².